The monoisotopic (exact) mass is 164 g/mol. The van der Waals surface area contributed by atoms with Gasteiger partial charge in [0.25, 0.3) is 0 Å². The molecule has 0 unspecified atom stereocenters. The van der Waals surface area contributed by atoms with Gasteiger partial charge in [0.1, 0.15) is 0 Å². The maximum atomic E-state index is 10.9. The highest BCUT2D eigenvalue weighted by Crippen LogP contribution is 2.30. The van der Waals surface area contributed by atoms with Crippen LogP contribution in [0.3, 0.4) is 0 Å². The molecule has 2 nitrogen and oxygen atoms in total. The van der Waals surface area contributed by atoms with E-state index >= 15 is 0 Å². The van der Waals surface area contributed by atoms with E-state index in [1.807, 2.05) is 12.1 Å². The number of rotatable bonds is 0. The van der Waals surface area contributed by atoms with E-state index in [0.717, 1.165) is 10.6 Å². The summed E-state index contributed by atoms with van der Waals surface area (Å²) in [5, 5.41) is 2.77. The number of thioether (sulfide) groups is 1. The van der Waals surface area contributed by atoms with Gasteiger partial charge in [0.2, 0.25) is 5.91 Å². The first-order valence-electron chi connectivity index (χ1n) is 3.29. The van der Waals surface area contributed by atoms with Gasteiger partial charge in [0.15, 0.2) is 0 Å². The van der Waals surface area contributed by atoms with Crippen LogP contribution < -0.4 is 5.32 Å². The Morgan fingerprint density at radius 2 is 2.55 bits per heavy atom. The Balaban J connectivity index is 2.41. The van der Waals surface area contributed by atoms with E-state index in [1.54, 1.807) is 17.8 Å². The molecule has 1 heterocycles. The lowest BCUT2D eigenvalue weighted by molar-refractivity contribution is -0.113. The molecule has 0 saturated carbocycles. The van der Waals surface area contributed by atoms with Gasteiger partial charge >= 0.3 is 0 Å². The fourth-order valence-corrected chi connectivity index (χ4v) is 1.76. The zero-order valence-electron chi connectivity index (χ0n) is 5.76. The van der Waals surface area contributed by atoms with Crippen molar-refractivity contribution >= 4 is 23.4 Å². The lowest BCUT2D eigenvalue weighted by Gasteiger charge is -2.14. The Labute approximate surface area is 69.0 Å². The molecule has 1 radical (unpaired) electrons. The van der Waals surface area contributed by atoms with Crippen LogP contribution in [0, 0.1) is 6.07 Å². The molecule has 3 heteroatoms. The van der Waals surface area contributed by atoms with E-state index in [-0.39, 0.29) is 5.91 Å². The third-order valence-electron chi connectivity index (χ3n) is 1.46. The summed E-state index contributed by atoms with van der Waals surface area (Å²) in [6, 6.07) is 8.51. The first kappa shape index (κ1) is 6.73. The van der Waals surface area contributed by atoms with Gasteiger partial charge in [-0.2, -0.15) is 0 Å². The Bertz CT molecular complexity index is 298. The lowest BCUT2D eigenvalue weighted by atomic mass is 10.3. The summed E-state index contributed by atoms with van der Waals surface area (Å²) in [6.45, 7) is 0. The number of hydrogen-bond donors (Lipinski definition) is 1. The van der Waals surface area contributed by atoms with Gasteiger partial charge in [-0.05, 0) is 18.2 Å². The highest BCUT2D eigenvalue weighted by Gasteiger charge is 2.13. The Morgan fingerprint density at radius 1 is 1.64 bits per heavy atom. The quantitative estimate of drug-likeness (QED) is 0.630. The SMILES string of the molecule is O=C1CSc2cc[c]cc2N1. The van der Waals surface area contributed by atoms with Crippen molar-refractivity contribution in [2.24, 2.45) is 0 Å². The van der Waals surface area contributed by atoms with E-state index in [2.05, 4.69) is 11.4 Å². The summed E-state index contributed by atoms with van der Waals surface area (Å²) in [4.78, 5) is 12.0. The van der Waals surface area contributed by atoms with Crippen molar-refractivity contribution in [2.45, 2.75) is 4.90 Å². The molecule has 0 spiro atoms. The van der Waals surface area contributed by atoms with Crippen molar-refractivity contribution in [3.05, 3.63) is 24.3 Å². The summed E-state index contributed by atoms with van der Waals surface area (Å²) in [6.07, 6.45) is 0. The normalized spacial score (nSPS) is 15.5. The van der Waals surface area contributed by atoms with Gasteiger partial charge in [0.05, 0.1) is 11.4 Å². The molecule has 0 aromatic heterocycles. The minimum absolute atomic E-state index is 0.0714. The Morgan fingerprint density at radius 3 is 3.45 bits per heavy atom. The second kappa shape index (κ2) is 2.58. The fraction of sp³-hybridized carbons (Fsp3) is 0.125. The number of fused-ring (bicyclic) bond motifs is 1. The summed E-state index contributed by atoms with van der Waals surface area (Å²) in [5.41, 5.74) is 0.883. The maximum absolute atomic E-state index is 10.9. The molecule has 0 bridgehead atoms. The Kier molecular flexibility index (Phi) is 1.58. The zero-order valence-corrected chi connectivity index (χ0v) is 6.57. The van der Waals surface area contributed by atoms with Gasteiger partial charge in [0, 0.05) is 4.90 Å². The van der Waals surface area contributed by atoms with E-state index in [0.29, 0.717) is 5.75 Å². The van der Waals surface area contributed by atoms with Gasteiger partial charge in [-0.3, -0.25) is 4.79 Å². The minimum atomic E-state index is 0.0714. The van der Waals surface area contributed by atoms with Crippen molar-refractivity contribution in [2.75, 3.05) is 11.1 Å². The van der Waals surface area contributed by atoms with Crippen LogP contribution in [-0.2, 0) is 4.79 Å². The molecule has 11 heavy (non-hydrogen) atoms. The number of nitrogens with one attached hydrogen (secondary N) is 1. The maximum Gasteiger partial charge on any atom is 0.234 e. The molecule has 2 rings (SSSR count). The second-order valence-corrected chi connectivity index (χ2v) is 3.28. The van der Waals surface area contributed by atoms with Crippen molar-refractivity contribution < 1.29 is 4.79 Å². The molecule has 1 N–H and O–H groups in total. The van der Waals surface area contributed by atoms with Crippen LogP contribution in [0.2, 0.25) is 0 Å². The van der Waals surface area contributed by atoms with E-state index < -0.39 is 0 Å². The van der Waals surface area contributed by atoms with Crippen LogP contribution in [0.1, 0.15) is 0 Å². The van der Waals surface area contributed by atoms with Crippen LogP contribution in [0.4, 0.5) is 5.69 Å². The van der Waals surface area contributed by atoms with Crippen LogP contribution in [-0.4, -0.2) is 11.7 Å². The number of benzene rings is 1. The molecular weight excluding hydrogens is 158 g/mol. The van der Waals surface area contributed by atoms with Crippen LogP contribution >= 0.6 is 11.8 Å². The van der Waals surface area contributed by atoms with Crippen LogP contribution in [0.25, 0.3) is 0 Å². The molecule has 1 aromatic carbocycles. The van der Waals surface area contributed by atoms with Gasteiger partial charge in [-0.1, -0.05) is 6.07 Å². The molecule has 0 fully saturated rings. The van der Waals surface area contributed by atoms with Gasteiger partial charge in [-0.15, -0.1) is 11.8 Å². The summed E-state index contributed by atoms with van der Waals surface area (Å²) in [7, 11) is 0. The Hall–Kier alpha value is -0.960. The fourth-order valence-electron chi connectivity index (χ4n) is 0.969. The number of amides is 1. The first-order chi connectivity index (χ1) is 5.36. The van der Waals surface area contributed by atoms with E-state index in [1.165, 1.54) is 0 Å². The number of carbonyl (C=O) groups excluding carboxylic acids is 1. The summed E-state index contributed by atoms with van der Waals surface area (Å²) >= 11 is 1.56. The molecule has 0 aliphatic carbocycles. The summed E-state index contributed by atoms with van der Waals surface area (Å²) < 4.78 is 0. The highest BCUT2D eigenvalue weighted by atomic mass is 32.2. The highest BCUT2D eigenvalue weighted by molar-refractivity contribution is 8.00. The molecule has 55 valence electrons. The summed E-state index contributed by atoms with van der Waals surface area (Å²) in [5.74, 6) is 0.596. The number of hydrogen-bond acceptors (Lipinski definition) is 2. The van der Waals surface area contributed by atoms with Gasteiger partial charge in [-0.25, -0.2) is 0 Å². The smallest absolute Gasteiger partial charge is 0.234 e. The molecular formula is C8H6NOS. The largest absolute Gasteiger partial charge is 0.324 e. The number of anilines is 1. The van der Waals surface area contributed by atoms with Crippen molar-refractivity contribution in [1.29, 1.82) is 0 Å². The lowest BCUT2D eigenvalue weighted by Crippen LogP contribution is -2.18. The molecule has 1 aromatic rings. The van der Waals surface area contributed by atoms with Crippen molar-refractivity contribution in [1.82, 2.24) is 0 Å². The molecule has 0 atom stereocenters. The average Bonchev–Trinajstić information content (AvgIpc) is 2.04. The van der Waals surface area contributed by atoms with Crippen LogP contribution in [0.15, 0.2) is 23.1 Å². The molecule has 1 amide bonds. The topological polar surface area (TPSA) is 29.1 Å². The molecule has 0 saturated heterocycles. The average molecular weight is 164 g/mol. The van der Waals surface area contributed by atoms with Crippen LogP contribution in [0.5, 0.6) is 0 Å². The predicted molar refractivity (Wildman–Crippen MR) is 44.6 cm³/mol. The van der Waals surface area contributed by atoms with E-state index in [4.69, 9.17) is 0 Å². The standard InChI is InChI=1S/C8H6NOS/c10-8-5-11-7-4-2-1-3-6(7)9-8/h2-4H,5H2,(H,9,10). The van der Waals surface area contributed by atoms with Gasteiger partial charge < -0.3 is 5.32 Å². The first-order valence-corrected chi connectivity index (χ1v) is 4.27. The minimum Gasteiger partial charge on any atom is -0.324 e. The molecule has 1 aliphatic rings. The van der Waals surface area contributed by atoms with Crippen molar-refractivity contribution in [3.8, 4) is 0 Å². The second-order valence-electron chi connectivity index (χ2n) is 2.26. The molecule has 1 aliphatic heterocycles. The third kappa shape index (κ3) is 1.24. The predicted octanol–water partition coefficient (Wildman–Crippen LogP) is 1.53. The van der Waals surface area contributed by atoms with Crippen molar-refractivity contribution in [3.63, 3.8) is 0 Å². The number of carbonyl (C=O) groups is 1. The third-order valence-corrected chi connectivity index (χ3v) is 2.53. The van der Waals surface area contributed by atoms with E-state index in [9.17, 15) is 4.79 Å². The zero-order chi connectivity index (χ0) is 7.68.